The summed E-state index contributed by atoms with van der Waals surface area (Å²) in [5.41, 5.74) is 1.06. The highest BCUT2D eigenvalue weighted by molar-refractivity contribution is 5.79. The molecule has 0 aromatic carbocycles. The Labute approximate surface area is 151 Å². The number of aromatic nitrogens is 3. The van der Waals surface area contributed by atoms with Gasteiger partial charge in [-0.2, -0.15) is 0 Å². The molecule has 2 fully saturated rings. The highest BCUT2D eigenvalue weighted by atomic mass is 16.2. The van der Waals surface area contributed by atoms with Crippen LogP contribution >= 0.6 is 0 Å². The van der Waals surface area contributed by atoms with Crippen LogP contribution in [0.2, 0.25) is 0 Å². The van der Waals surface area contributed by atoms with Gasteiger partial charge in [0.2, 0.25) is 5.91 Å². The molecule has 6 nitrogen and oxygen atoms in total. The number of carbonyl (C=O) groups is 1. The minimum Gasteiger partial charge on any atom is -0.342 e. The molecule has 1 aromatic rings. The van der Waals surface area contributed by atoms with Crippen molar-refractivity contribution in [1.29, 1.82) is 0 Å². The van der Waals surface area contributed by atoms with Gasteiger partial charge >= 0.3 is 0 Å². The summed E-state index contributed by atoms with van der Waals surface area (Å²) < 4.78 is 2.02. The van der Waals surface area contributed by atoms with E-state index in [-0.39, 0.29) is 11.3 Å². The lowest BCUT2D eigenvalue weighted by Crippen LogP contribution is -2.47. The number of amides is 1. The standard InChI is InChI=1S/C19H33N5O/c1-5-22-10-6-7-15(13-22)18(25)23-11-8-16(9-12-23)24-14-17(20-21-24)19(2,3)4/h14-16H,5-13H2,1-4H3/t15-/m0/s1. The molecule has 0 spiro atoms. The van der Waals surface area contributed by atoms with Crippen LogP contribution in [0.5, 0.6) is 0 Å². The van der Waals surface area contributed by atoms with Crippen LogP contribution in [0.3, 0.4) is 0 Å². The molecule has 3 heterocycles. The fourth-order valence-electron chi connectivity index (χ4n) is 3.95. The van der Waals surface area contributed by atoms with Crippen LogP contribution in [0.15, 0.2) is 6.20 Å². The highest BCUT2D eigenvalue weighted by Gasteiger charge is 2.32. The summed E-state index contributed by atoms with van der Waals surface area (Å²) >= 11 is 0. The van der Waals surface area contributed by atoms with Gasteiger partial charge in [-0.15, -0.1) is 5.10 Å². The van der Waals surface area contributed by atoms with E-state index >= 15 is 0 Å². The second kappa shape index (κ2) is 7.44. The van der Waals surface area contributed by atoms with E-state index in [0.717, 1.165) is 64.1 Å². The number of likely N-dealkylation sites (tertiary alicyclic amines) is 2. The first-order valence-electron chi connectivity index (χ1n) is 9.82. The van der Waals surface area contributed by atoms with E-state index in [2.05, 4.69) is 54.0 Å². The minimum absolute atomic E-state index is 0.0288. The van der Waals surface area contributed by atoms with E-state index in [4.69, 9.17) is 0 Å². The van der Waals surface area contributed by atoms with Gasteiger partial charge in [0.1, 0.15) is 0 Å². The molecule has 1 amide bonds. The third-order valence-corrected chi connectivity index (χ3v) is 5.73. The van der Waals surface area contributed by atoms with Crippen LogP contribution < -0.4 is 0 Å². The maximum atomic E-state index is 12.9. The van der Waals surface area contributed by atoms with Gasteiger partial charge in [-0.05, 0) is 38.8 Å². The molecule has 0 aliphatic carbocycles. The summed E-state index contributed by atoms with van der Waals surface area (Å²) in [7, 11) is 0. The van der Waals surface area contributed by atoms with E-state index in [1.54, 1.807) is 0 Å². The number of rotatable bonds is 3. The molecule has 2 aliphatic rings. The zero-order valence-electron chi connectivity index (χ0n) is 16.2. The zero-order chi connectivity index (χ0) is 18.0. The van der Waals surface area contributed by atoms with E-state index in [1.807, 2.05) is 4.68 Å². The Balaban J connectivity index is 1.55. The maximum Gasteiger partial charge on any atom is 0.226 e. The van der Waals surface area contributed by atoms with Gasteiger partial charge in [0, 0.05) is 31.2 Å². The molecule has 6 heteroatoms. The Morgan fingerprint density at radius 3 is 2.52 bits per heavy atom. The molecule has 140 valence electrons. The van der Waals surface area contributed by atoms with Crippen molar-refractivity contribution in [2.45, 2.75) is 64.8 Å². The topological polar surface area (TPSA) is 54.3 Å². The summed E-state index contributed by atoms with van der Waals surface area (Å²) in [5, 5.41) is 8.68. The quantitative estimate of drug-likeness (QED) is 0.843. The fraction of sp³-hybridized carbons (Fsp3) is 0.842. The third kappa shape index (κ3) is 4.22. The Kier molecular flexibility index (Phi) is 5.46. The summed E-state index contributed by atoms with van der Waals surface area (Å²) in [6, 6.07) is 0.367. The van der Waals surface area contributed by atoms with Crippen molar-refractivity contribution in [3.8, 4) is 0 Å². The average molecular weight is 348 g/mol. The van der Waals surface area contributed by atoms with Crippen LogP contribution in [0.4, 0.5) is 0 Å². The molecular weight excluding hydrogens is 314 g/mol. The molecule has 3 rings (SSSR count). The average Bonchev–Trinajstić information content (AvgIpc) is 3.12. The molecule has 1 atom stereocenters. The Morgan fingerprint density at radius 2 is 1.92 bits per heavy atom. The van der Waals surface area contributed by atoms with Crippen LogP contribution in [-0.2, 0) is 10.2 Å². The van der Waals surface area contributed by atoms with Gasteiger partial charge in [0.25, 0.3) is 0 Å². The van der Waals surface area contributed by atoms with Gasteiger partial charge < -0.3 is 9.80 Å². The second-order valence-corrected chi connectivity index (χ2v) is 8.62. The van der Waals surface area contributed by atoms with Crippen LogP contribution in [0.25, 0.3) is 0 Å². The lowest BCUT2D eigenvalue weighted by Gasteiger charge is -2.37. The first-order valence-corrected chi connectivity index (χ1v) is 9.82. The molecule has 0 N–H and O–H groups in total. The number of nitrogens with zero attached hydrogens (tertiary/aromatic N) is 5. The van der Waals surface area contributed by atoms with E-state index < -0.39 is 0 Å². The SMILES string of the molecule is CCN1CCC[C@H](C(=O)N2CCC(n3cc(C(C)(C)C)nn3)CC2)C1. The molecule has 2 saturated heterocycles. The summed E-state index contributed by atoms with van der Waals surface area (Å²) in [4.78, 5) is 17.3. The van der Waals surface area contributed by atoms with E-state index in [1.165, 1.54) is 0 Å². The molecule has 1 aromatic heterocycles. The van der Waals surface area contributed by atoms with Gasteiger partial charge in [-0.1, -0.05) is 32.9 Å². The van der Waals surface area contributed by atoms with Crippen molar-refractivity contribution in [1.82, 2.24) is 24.8 Å². The van der Waals surface area contributed by atoms with Crippen molar-refractivity contribution in [2.75, 3.05) is 32.7 Å². The van der Waals surface area contributed by atoms with Gasteiger partial charge in [-0.3, -0.25) is 4.79 Å². The van der Waals surface area contributed by atoms with Crippen LogP contribution in [0.1, 0.15) is 65.1 Å². The predicted octanol–water partition coefficient (Wildman–Crippen LogP) is 2.47. The van der Waals surface area contributed by atoms with Crippen molar-refractivity contribution in [3.05, 3.63) is 11.9 Å². The van der Waals surface area contributed by atoms with Gasteiger partial charge in [0.05, 0.1) is 17.7 Å². The first-order chi connectivity index (χ1) is 11.9. The molecular formula is C19H33N5O. The molecule has 25 heavy (non-hydrogen) atoms. The number of hydrogen-bond acceptors (Lipinski definition) is 4. The predicted molar refractivity (Wildman–Crippen MR) is 98.4 cm³/mol. The maximum absolute atomic E-state index is 12.9. The summed E-state index contributed by atoms with van der Waals surface area (Å²) in [5.74, 6) is 0.565. The Bertz CT molecular complexity index is 583. The Morgan fingerprint density at radius 1 is 1.20 bits per heavy atom. The smallest absolute Gasteiger partial charge is 0.226 e. The largest absolute Gasteiger partial charge is 0.342 e. The van der Waals surface area contributed by atoms with Crippen molar-refractivity contribution in [2.24, 2.45) is 5.92 Å². The molecule has 2 aliphatic heterocycles. The van der Waals surface area contributed by atoms with Crippen LogP contribution in [-0.4, -0.2) is 63.4 Å². The third-order valence-electron chi connectivity index (χ3n) is 5.73. The van der Waals surface area contributed by atoms with Crippen molar-refractivity contribution < 1.29 is 4.79 Å². The Hall–Kier alpha value is -1.43. The number of hydrogen-bond donors (Lipinski definition) is 0. The van der Waals surface area contributed by atoms with E-state index in [9.17, 15) is 4.79 Å². The van der Waals surface area contributed by atoms with Gasteiger partial charge in [-0.25, -0.2) is 4.68 Å². The first kappa shape index (κ1) is 18.4. The summed E-state index contributed by atoms with van der Waals surface area (Å²) in [6.07, 6.45) is 6.23. The monoisotopic (exact) mass is 347 g/mol. The number of piperidine rings is 2. The normalized spacial score (nSPS) is 23.8. The molecule has 0 bridgehead atoms. The van der Waals surface area contributed by atoms with E-state index in [0.29, 0.717) is 11.9 Å². The molecule has 0 unspecified atom stereocenters. The lowest BCUT2D eigenvalue weighted by molar-refractivity contribution is -0.138. The van der Waals surface area contributed by atoms with Gasteiger partial charge in [0.15, 0.2) is 0 Å². The lowest BCUT2D eigenvalue weighted by atomic mass is 9.93. The zero-order valence-corrected chi connectivity index (χ0v) is 16.2. The van der Waals surface area contributed by atoms with Crippen molar-refractivity contribution in [3.63, 3.8) is 0 Å². The number of carbonyl (C=O) groups excluding carboxylic acids is 1. The van der Waals surface area contributed by atoms with Crippen LogP contribution in [0, 0.1) is 5.92 Å². The molecule has 0 saturated carbocycles. The van der Waals surface area contributed by atoms with Crippen molar-refractivity contribution >= 4 is 5.91 Å². The molecule has 0 radical (unpaired) electrons. The highest BCUT2D eigenvalue weighted by Crippen LogP contribution is 2.27. The fourth-order valence-corrected chi connectivity index (χ4v) is 3.95. The summed E-state index contributed by atoms with van der Waals surface area (Å²) in [6.45, 7) is 13.5. The second-order valence-electron chi connectivity index (χ2n) is 8.62. The minimum atomic E-state index is 0.0288.